The molecule has 0 aliphatic heterocycles. The lowest BCUT2D eigenvalue weighted by Crippen LogP contribution is -2.02. The fourth-order valence-electron chi connectivity index (χ4n) is 2.57. The Hall–Kier alpha value is -2.70. The van der Waals surface area contributed by atoms with Crippen LogP contribution < -0.4 is 5.32 Å². The first-order valence-electron chi connectivity index (χ1n) is 7.06. The molecule has 0 bridgehead atoms. The Bertz CT molecular complexity index is 1090. The van der Waals surface area contributed by atoms with Crippen molar-refractivity contribution in [2.45, 2.75) is 0 Å². The van der Waals surface area contributed by atoms with Gasteiger partial charge in [-0.05, 0) is 18.2 Å². The number of aromatic nitrogens is 2. The molecule has 118 valence electrons. The molecule has 2 aromatic carbocycles. The molecular formula is C17H10ClN3O2S. The van der Waals surface area contributed by atoms with Crippen molar-refractivity contribution in [1.82, 2.24) is 9.97 Å². The van der Waals surface area contributed by atoms with Crippen LogP contribution in [0.15, 0.2) is 48.0 Å². The number of nitrogens with one attached hydrogen (secondary N) is 1. The third-order valence-electron chi connectivity index (χ3n) is 3.65. The molecule has 0 atom stereocenters. The zero-order chi connectivity index (χ0) is 16.7. The fraction of sp³-hybridized carbons (Fsp3) is 0. The first-order chi connectivity index (χ1) is 11.6. The summed E-state index contributed by atoms with van der Waals surface area (Å²) in [6.07, 6.45) is 0. The number of carboxylic acid groups (broad SMARTS) is 1. The van der Waals surface area contributed by atoms with E-state index in [1.165, 1.54) is 11.3 Å². The Kier molecular flexibility index (Phi) is 3.55. The van der Waals surface area contributed by atoms with Crippen molar-refractivity contribution in [3.05, 3.63) is 58.6 Å². The van der Waals surface area contributed by atoms with Crippen molar-refractivity contribution in [3.8, 4) is 0 Å². The lowest BCUT2D eigenvalue weighted by molar-refractivity contribution is 0.0699. The number of nitrogens with zero attached hydrogens (tertiary/aromatic N) is 2. The first kappa shape index (κ1) is 14.9. The van der Waals surface area contributed by atoms with Gasteiger partial charge in [0.2, 0.25) is 0 Å². The van der Waals surface area contributed by atoms with Gasteiger partial charge in [-0.1, -0.05) is 35.9 Å². The molecule has 0 amide bonds. The number of benzene rings is 2. The third kappa shape index (κ3) is 2.36. The van der Waals surface area contributed by atoms with E-state index in [9.17, 15) is 9.90 Å². The summed E-state index contributed by atoms with van der Waals surface area (Å²) in [7, 11) is 0. The number of anilines is 2. The summed E-state index contributed by atoms with van der Waals surface area (Å²) in [5, 5.41) is 13.9. The van der Waals surface area contributed by atoms with Crippen LogP contribution in [-0.2, 0) is 0 Å². The molecule has 2 heterocycles. The number of carbonyl (C=O) groups is 1. The Morgan fingerprint density at radius 1 is 1.12 bits per heavy atom. The topological polar surface area (TPSA) is 75.1 Å². The second-order valence-electron chi connectivity index (χ2n) is 5.10. The molecule has 24 heavy (non-hydrogen) atoms. The molecule has 0 spiro atoms. The van der Waals surface area contributed by atoms with E-state index in [0.29, 0.717) is 27.6 Å². The SMILES string of the molecule is O=C(O)c1cccc2c1nc(Nc1ccccc1Cl)c1ncsc12. The summed E-state index contributed by atoms with van der Waals surface area (Å²) in [4.78, 5) is 20.4. The molecule has 0 aliphatic rings. The van der Waals surface area contributed by atoms with Crippen LogP contribution in [0.5, 0.6) is 0 Å². The lowest BCUT2D eigenvalue weighted by atomic mass is 10.1. The molecule has 2 aromatic heterocycles. The van der Waals surface area contributed by atoms with Crippen LogP contribution in [0.25, 0.3) is 21.1 Å². The number of thiazole rings is 1. The number of rotatable bonds is 3. The Labute approximate surface area is 145 Å². The van der Waals surface area contributed by atoms with Crippen LogP contribution in [0.4, 0.5) is 11.5 Å². The summed E-state index contributed by atoms with van der Waals surface area (Å²) >= 11 is 7.65. The van der Waals surface area contributed by atoms with Crippen LogP contribution >= 0.6 is 22.9 Å². The zero-order valence-corrected chi connectivity index (χ0v) is 13.7. The molecule has 4 aromatic rings. The normalized spacial score (nSPS) is 11.0. The maximum atomic E-state index is 11.5. The molecule has 0 saturated carbocycles. The number of halogens is 1. The average Bonchev–Trinajstić information content (AvgIpc) is 3.06. The van der Waals surface area contributed by atoms with Gasteiger partial charge in [0.1, 0.15) is 5.52 Å². The molecule has 0 radical (unpaired) electrons. The van der Waals surface area contributed by atoms with Crippen LogP contribution in [0.3, 0.4) is 0 Å². The number of hydrogen-bond acceptors (Lipinski definition) is 5. The highest BCUT2D eigenvalue weighted by atomic mass is 35.5. The molecule has 0 fully saturated rings. The predicted octanol–water partition coefficient (Wildman–Crippen LogP) is 4.94. The highest BCUT2D eigenvalue weighted by Gasteiger charge is 2.17. The van der Waals surface area contributed by atoms with Gasteiger partial charge in [-0.3, -0.25) is 0 Å². The number of carboxylic acids is 1. The molecule has 0 saturated heterocycles. The minimum atomic E-state index is -1.01. The quantitative estimate of drug-likeness (QED) is 0.544. The second kappa shape index (κ2) is 5.74. The van der Waals surface area contributed by atoms with Gasteiger partial charge in [0.25, 0.3) is 0 Å². The summed E-state index contributed by atoms with van der Waals surface area (Å²) < 4.78 is 0.887. The number of fused-ring (bicyclic) bond motifs is 3. The van der Waals surface area contributed by atoms with E-state index >= 15 is 0 Å². The van der Waals surface area contributed by atoms with Gasteiger partial charge >= 0.3 is 5.97 Å². The minimum absolute atomic E-state index is 0.157. The summed E-state index contributed by atoms with van der Waals surface area (Å²) in [5.41, 5.74) is 3.68. The molecule has 4 rings (SSSR count). The van der Waals surface area contributed by atoms with E-state index in [4.69, 9.17) is 11.6 Å². The van der Waals surface area contributed by atoms with Crippen LogP contribution in [-0.4, -0.2) is 21.0 Å². The van der Waals surface area contributed by atoms with E-state index < -0.39 is 5.97 Å². The Balaban J connectivity index is 2.00. The Morgan fingerprint density at radius 2 is 1.96 bits per heavy atom. The van der Waals surface area contributed by atoms with Crippen molar-refractivity contribution < 1.29 is 9.90 Å². The highest BCUT2D eigenvalue weighted by Crippen LogP contribution is 2.35. The van der Waals surface area contributed by atoms with E-state index in [1.54, 1.807) is 23.7 Å². The highest BCUT2D eigenvalue weighted by molar-refractivity contribution is 7.17. The summed E-state index contributed by atoms with van der Waals surface area (Å²) in [6, 6.07) is 12.4. The molecule has 2 N–H and O–H groups in total. The van der Waals surface area contributed by atoms with E-state index in [0.717, 1.165) is 10.1 Å². The van der Waals surface area contributed by atoms with Crippen molar-refractivity contribution in [2.24, 2.45) is 0 Å². The van der Waals surface area contributed by atoms with Gasteiger partial charge in [-0.2, -0.15) is 0 Å². The summed E-state index contributed by atoms with van der Waals surface area (Å²) in [5.74, 6) is -0.527. The van der Waals surface area contributed by atoms with Crippen molar-refractivity contribution >= 4 is 61.5 Å². The van der Waals surface area contributed by atoms with E-state index in [-0.39, 0.29) is 5.56 Å². The number of para-hydroxylation sites is 2. The summed E-state index contributed by atoms with van der Waals surface area (Å²) in [6.45, 7) is 0. The van der Waals surface area contributed by atoms with Crippen LogP contribution in [0.2, 0.25) is 5.02 Å². The van der Waals surface area contributed by atoms with Gasteiger partial charge in [-0.15, -0.1) is 11.3 Å². The van der Waals surface area contributed by atoms with Gasteiger partial charge in [0, 0.05) is 5.39 Å². The molecule has 0 aliphatic carbocycles. The van der Waals surface area contributed by atoms with Crippen molar-refractivity contribution in [1.29, 1.82) is 0 Å². The van der Waals surface area contributed by atoms with Crippen molar-refractivity contribution in [3.63, 3.8) is 0 Å². The van der Waals surface area contributed by atoms with Gasteiger partial charge in [0.15, 0.2) is 5.82 Å². The smallest absolute Gasteiger partial charge is 0.337 e. The molecular weight excluding hydrogens is 346 g/mol. The monoisotopic (exact) mass is 355 g/mol. The predicted molar refractivity (Wildman–Crippen MR) is 96.6 cm³/mol. The first-order valence-corrected chi connectivity index (χ1v) is 8.31. The van der Waals surface area contributed by atoms with Crippen molar-refractivity contribution in [2.75, 3.05) is 5.32 Å². The molecule has 7 heteroatoms. The van der Waals surface area contributed by atoms with Crippen LogP contribution in [0, 0.1) is 0 Å². The van der Waals surface area contributed by atoms with Crippen LogP contribution in [0.1, 0.15) is 10.4 Å². The molecule has 0 unspecified atom stereocenters. The molecule has 5 nitrogen and oxygen atoms in total. The zero-order valence-electron chi connectivity index (χ0n) is 12.2. The minimum Gasteiger partial charge on any atom is -0.478 e. The standard InChI is InChI=1S/C17H10ClN3O2S/c18-11-6-1-2-7-12(11)20-16-14-15(24-8-19-14)9-4-3-5-10(17(22)23)13(9)21-16/h1-8H,(H,20,21)(H,22,23). The average molecular weight is 356 g/mol. The second-order valence-corrected chi connectivity index (χ2v) is 6.36. The largest absolute Gasteiger partial charge is 0.478 e. The van der Waals surface area contributed by atoms with E-state index in [2.05, 4.69) is 15.3 Å². The Morgan fingerprint density at radius 3 is 2.75 bits per heavy atom. The number of pyridine rings is 1. The number of aromatic carboxylic acids is 1. The van der Waals surface area contributed by atoms with Gasteiger partial charge in [0.05, 0.1) is 32.0 Å². The third-order valence-corrected chi connectivity index (χ3v) is 4.84. The fourth-order valence-corrected chi connectivity index (χ4v) is 3.57. The maximum absolute atomic E-state index is 11.5. The van der Waals surface area contributed by atoms with Gasteiger partial charge in [-0.25, -0.2) is 14.8 Å². The van der Waals surface area contributed by atoms with E-state index in [1.807, 2.05) is 24.3 Å². The number of hydrogen-bond donors (Lipinski definition) is 2. The maximum Gasteiger partial charge on any atom is 0.337 e. The lowest BCUT2D eigenvalue weighted by Gasteiger charge is -2.10. The van der Waals surface area contributed by atoms with Gasteiger partial charge < -0.3 is 10.4 Å².